The van der Waals surface area contributed by atoms with Crippen LogP contribution in [0.3, 0.4) is 0 Å². The van der Waals surface area contributed by atoms with Gasteiger partial charge in [0, 0.05) is 16.5 Å². The van der Waals surface area contributed by atoms with Crippen LogP contribution in [-0.2, 0) is 0 Å². The summed E-state index contributed by atoms with van der Waals surface area (Å²) in [5.41, 5.74) is 0.723. The maximum atomic E-state index is 10.4. The third kappa shape index (κ3) is 2.72. The molecule has 1 aliphatic rings. The molecule has 0 bridgehead atoms. The highest BCUT2D eigenvalue weighted by Crippen LogP contribution is 2.44. The van der Waals surface area contributed by atoms with Gasteiger partial charge in [0.05, 0.1) is 6.10 Å². The van der Waals surface area contributed by atoms with Crippen LogP contribution in [0.1, 0.15) is 57.6 Å². The number of hydrogen-bond acceptors (Lipinski definition) is 2. The SMILES string of the molecule is CCCCC1(CC)C[C@H](O)c2cc(Br)ccc2O1. The molecule has 0 spiro atoms. The van der Waals surface area contributed by atoms with Crippen LogP contribution < -0.4 is 4.74 Å². The molecule has 0 amide bonds. The Balaban J connectivity index is 2.27. The highest BCUT2D eigenvalue weighted by Gasteiger charge is 2.38. The molecular weight excluding hydrogens is 292 g/mol. The average Bonchev–Trinajstić information content (AvgIpc) is 2.37. The van der Waals surface area contributed by atoms with E-state index in [0.717, 1.165) is 41.5 Å². The van der Waals surface area contributed by atoms with Crippen LogP contribution in [0.15, 0.2) is 22.7 Å². The van der Waals surface area contributed by atoms with Crippen molar-refractivity contribution in [1.29, 1.82) is 0 Å². The fourth-order valence-corrected chi connectivity index (χ4v) is 3.03. The number of unbranched alkanes of at least 4 members (excludes halogenated alkanes) is 1. The van der Waals surface area contributed by atoms with E-state index < -0.39 is 6.10 Å². The van der Waals surface area contributed by atoms with Gasteiger partial charge in [-0.3, -0.25) is 0 Å². The van der Waals surface area contributed by atoms with Crippen LogP contribution in [0.4, 0.5) is 0 Å². The third-order valence-corrected chi connectivity index (χ3v) is 4.35. The van der Waals surface area contributed by atoms with Crippen molar-refractivity contribution < 1.29 is 9.84 Å². The predicted molar refractivity (Wildman–Crippen MR) is 76.9 cm³/mol. The molecule has 18 heavy (non-hydrogen) atoms. The van der Waals surface area contributed by atoms with Gasteiger partial charge in [0.15, 0.2) is 0 Å². The van der Waals surface area contributed by atoms with Gasteiger partial charge in [0.25, 0.3) is 0 Å². The van der Waals surface area contributed by atoms with Gasteiger partial charge in [-0.15, -0.1) is 0 Å². The number of aliphatic hydroxyl groups excluding tert-OH is 1. The summed E-state index contributed by atoms with van der Waals surface area (Å²) in [6.07, 6.45) is 4.56. The summed E-state index contributed by atoms with van der Waals surface area (Å²) < 4.78 is 7.20. The van der Waals surface area contributed by atoms with Crippen LogP contribution in [0.25, 0.3) is 0 Å². The smallest absolute Gasteiger partial charge is 0.126 e. The van der Waals surface area contributed by atoms with Crippen molar-refractivity contribution in [2.75, 3.05) is 0 Å². The zero-order valence-corrected chi connectivity index (χ0v) is 12.7. The van der Waals surface area contributed by atoms with Crippen molar-refractivity contribution >= 4 is 15.9 Å². The summed E-state index contributed by atoms with van der Waals surface area (Å²) in [6, 6.07) is 5.88. The molecule has 1 heterocycles. The second kappa shape index (κ2) is 5.62. The lowest BCUT2D eigenvalue weighted by atomic mass is 9.83. The lowest BCUT2D eigenvalue weighted by molar-refractivity contribution is -0.0241. The first-order valence-corrected chi connectivity index (χ1v) is 7.56. The van der Waals surface area contributed by atoms with E-state index in [-0.39, 0.29) is 5.60 Å². The standard InChI is InChI=1S/C15H21BrO2/c1-3-5-8-15(4-2)10-13(17)12-9-11(16)6-7-14(12)18-15/h6-7,9,13,17H,3-5,8,10H2,1-2H3/t13-,15?/m0/s1. The van der Waals surface area contributed by atoms with Gasteiger partial charge < -0.3 is 9.84 Å². The predicted octanol–water partition coefficient (Wildman–Crippen LogP) is 4.60. The Hall–Kier alpha value is -0.540. The topological polar surface area (TPSA) is 29.5 Å². The fraction of sp³-hybridized carbons (Fsp3) is 0.600. The van der Waals surface area contributed by atoms with Crippen LogP contribution in [0.2, 0.25) is 0 Å². The third-order valence-electron chi connectivity index (χ3n) is 3.85. The average molecular weight is 313 g/mol. The number of ether oxygens (including phenoxy) is 1. The first-order valence-electron chi connectivity index (χ1n) is 6.77. The minimum absolute atomic E-state index is 0.184. The van der Waals surface area contributed by atoms with Gasteiger partial charge in [-0.25, -0.2) is 0 Å². The van der Waals surface area contributed by atoms with Gasteiger partial charge in [0.1, 0.15) is 11.4 Å². The highest BCUT2D eigenvalue weighted by molar-refractivity contribution is 9.10. The van der Waals surface area contributed by atoms with Crippen molar-refractivity contribution in [2.24, 2.45) is 0 Å². The molecular formula is C15H21BrO2. The number of benzene rings is 1. The second-order valence-corrected chi connectivity index (χ2v) is 6.06. The molecule has 0 saturated heterocycles. The Morgan fingerprint density at radius 3 is 2.89 bits per heavy atom. The Morgan fingerprint density at radius 2 is 2.22 bits per heavy atom. The Kier molecular flexibility index (Phi) is 4.33. The molecule has 3 heteroatoms. The first kappa shape index (κ1) is 13.9. The van der Waals surface area contributed by atoms with Crippen molar-refractivity contribution in [3.63, 3.8) is 0 Å². The fourth-order valence-electron chi connectivity index (χ4n) is 2.66. The summed E-state index contributed by atoms with van der Waals surface area (Å²) in [5, 5.41) is 10.4. The van der Waals surface area contributed by atoms with Gasteiger partial charge in [0.2, 0.25) is 0 Å². The molecule has 1 aromatic rings. The lowest BCUT2D eigenvalue weighted by Crippen LogP contribution is -2.40. The Bertz CT molecular complexity index is 419. The Labute approximate surface area is 117 Å². The molecule has 1 aliphatic heterocycles. The van der Waals surface area contributed by atoms with Crippen LogP contribution >= 0.6 is 15.9 Å². The van der Waals surface area contributed by atoms with E-state index in [2.05, 4.69) is 29.8 Å². The summed E-state index contributed by atoms with van der Waals surface area (Å²) in [7, 11) is 0. The van der Waals surface area contributed by atoms with E-state index >= 15 is 0 Å². The molecule has 100 valence electrons. The van der Waals surface area contributed by atoms with Gasteiger partial charge in [-0.1, -0.05) is 36.2 Å². The molecule has 0 aliphatic carbocycles. The number of hydrogen-bond donors (Lipinski definition) is 1. The van der Waals surface area contributed by atoms with Crippen LogP contribution in [0.5, 0.6) is 5.75 Å². The molecule has 2 rings (SSSR count). The number of fused-ring (bicyclic) bond motifs is 1. The van der Waals surface area contributed by atoms with E-state index in [0.29, 0.717) is 6.42 Å². The minimum atomic E-state index is -0.414. The monoisotopic (exact) mass is 312 g/mol. The van der Waals surface area contributed by atoms with E-state index in [1.165, 1.54) is 0 Å². The number of rotatable bonds is 4. The zero-order valence-electron chi connectivity index (χ0n) is 11.1. The normalized spacial score (nSPS) is 26.6. The van der Waals surface area contributed by atoms with E-state index in [1.54, 1.807) is 0 Å². The minimum Gasteiger partial charge on any atom is -0.487 e. The summed E-state index contributed by atoms with van der Waals surface area (Å²) >= 11 is 3.44. The Morgan fingerprint density at radius 1 is 1.44 bits per heavy atom. The molecule has 1 unspecified atom stereocenters. The molecule has 0 fully saturated rings. The molecule has 1 aromatic carbocycles. The summed E-state index contributed by atoms with van der Waals surface area (Å²) in [5.74, 6) is 0.843. The van der Waals surface area contributed by atoms with Crippen molar-refractivity contribution in [3.05, 3.63) is 28.2 Å². The van der Waals surface area contributed by atoms with E-state index in [9.17, 15) is 5.11 Å². The van der Waals surface area contributed by atoms with Crippen LogP contribution in [0, 0.1) is 0 Å². The molecule has 2 nitrogen and oxygen atoms in total. The maximum Gasteiger partial charge on any atom is 0.126 e. The number of aliphatic hydroxyl groups is 1. The summed E-state index contributed by atoms with van der Waals surface area (Å²) in [4.78, 5) is 0. The quantitative estimate of drug-likeness (QED) is 0.880. The molecule has 0 saturated carbocycles. The lowest BCUT2D eigenvalue weighted by Gasteiger charge is -2.40. The molecule has 1 N–H and O–H groups in total. The van der Waals surface area contributed by atoms with Crippen molar-refractivity contribution in [3.8, 4) is 5.75 Å². The molecule has 0 radical (unpaired) electrons. The maximum absolute atomic E-state index is 10.4. The van der Waals surface area contributed by atoms with Crippen LogP contribution in [-0.4, -0.2) is 10.7 Å². The highest BCUT2D eigenvalue weighted by atomic mass is 79.9. The van der Waals surface area contributed by atoms with E-state index in [1.807, 2.05) is 18.2 Å². The molecule has 2 atom stereocenters. The van der Waals surface area contributed by atoms with Gasteiger partial charge in [-0.05, 0) is 37.5 Å². The molecule has 0 aromatic heterocycles. The van der Waals surface area contributed by atoms with Gasteiger partial charge in [-0.2, -0.15) is 0 Å². The first-order chi connectivity index (χ1) is 8.60. The van der Waals surface area contributed by atoms with Crippen molar-refractivity contribution in [2.45, 2.75) is 57.7 Å². The summed E-state index contributed by atoms with van der Waals surface area (Å²) in [6.45, 7) is 4.33. The zero-order chi connectivity index (χ0) is 13.2. The van der Waals surface area contributed by atoms with Crippen molar-refractivity contribution in [1.82, 2.24) is 0 Å². The largest absolute Gasteiger partial charge is 0.487 e. The number of halogens is 1. The second-order valence-electron chi connectivity index (χ2n) is 5.14. The van der Waals surface area contributed by atoms with Gasteiger partial charge >= 0.3 is 0 Å². The van der Waals surface area contributed by atoms with E-state index in [4.69, 9.17) is 4.74 Å².